The number of hydrogen-bond acceptors (Lipinski definition) is 5. The molecule has 0 saturated heterocycles. The van der Waals surface area contributed by atoms with Crippen LogP contribution in [0.3, 0.4) is 0 Å². The summed E-state index contributed by atoms with van der Waals surface area (Å²) in [6.07, 6.45) is 7.53. The van der Waals surface area contributed by atoms with Gasteiger partial charge in [0, 0.05) is 6.04 Å². The summed E-state index contributed by atoms with van der Waals surface area (Å²) in [4.78, 5) is 20.5. The highest BCUT2D eigenvalue weighted by molar-refractivity contribution is 6.33. The summed E-state index contributed by atoms with van der Waals surface area (Å²) in [7, 11) is 0. The molecule has 0 radical (unpaired) electrons. The van der Waals surface area contributed by atoms with Crippen molar-refractivity contribution >= 4 is 40.6 Å². The van der Waals surface area contributed by atoms with Gasteiger partial charge >= 0.3 is 0 Å². The number of hydrogen-bond donors (Lipinski definition) is 3. The first-order chi connectivity index (χ1) is 13.0. The molecule has 1 aliphatic rings. The van der Waals surface area contributed by atoms with Crippen molar-refractivity contribution in [3.05, 3.63) is 48.1 Å². The summed E-state index contributed by atoms with van der Waals surface area (Å²) >= 11 is 6.28. The first kappa shape index (κ1) is 19.2. The Bertz CT molecular complexity index is 826. The van der Waals surface area contributed by atoms with E-state index in [1.807, 2.05) is 18.2 Å². The molecule has 1 aromatic carbocycles. The predicted octanol–water partition coefficient (Wildman–Crippen LogP) is 4.99. The van der Waals surface area contributed by atoms with Gasteiger partial charge in [-0.25, -0.2) is 4.98 Å². The number of nitrogens with one attached hydrogen (secondary N) is 3. The fourth-order valence-electron chi connectivity index (χ4n) is 3.28. The van der Waals surface area contributed by atoms with Crippen LogP contribution in [0, 0.1) is 5.92 Å². The lowest BCUT2D eigenvalue weighted by atomic mass is 9.87. The Morgan fingerprint density at radius 3 is 2.81 bits per heavy atom. The van der Waals surface area contributed by atoms with Crippen LogP contribution in [0.5, 0.6) is 0 Å². The second-order valence-electron chi connectivity index (χ2n) is 6.87. The highest BCUT2D eigenvalue weighted by atomic mass is 35.5. The summed E-state index contributed by atoms with van der Waals surface area (Å²) in [6.45, 7) is 5.75. The Kier molecular flexibility index (Phi) is 6.29. The van der Waals surface area contributed by atoms with Gasteiger partial charge in [-0.1, -0.05) is 50.1 Å². The van der Waals surface area contributed by atoms with E-state index in [0.717, 1.165) is 12.8 Å². The summed E-state index contributed by atoms with van der Waals surface area (Å²) in [5, 5.41) is 9.77. The number of carbonyl (C=O) groups excluding carboxylic acids is 1. The van der Waals surface area contributed by atoms with Crippen LogP contribution in [0.4, 0.5) is 23.1 Å². The fraction of sp³-hybridized carbons (Fsp3) is 0.350. The van der Waals surface area contributed by atoms with Crippen LogP contribution in [-0.4, -0.2) is 21.9 Å². The molecule has 0 aliphatic heterocycles. The topological polar surface area (TPSA) is 78.9 Å². The molecule has 1 aliphatic carbocycles. The molecule has 1 saturated carbocycles. The highest BCUT2D eigenvalue weighted by Gasteiger charge is 2.20. The van der Waals surface area contributed by atoms with Gasteiger partial charge in [0.25, 0.3) is 0 Å². The van der Waals surface area contributed by atoms with Crippen LogP contribution in [0.15, 0.2) is 43.1 Å². The normalized spacial score (nSPS) is 19.2. The van der Waals surface area contributed by atoms with Gasteiger partial charge in [0.15, 0.2) is 5.82 Å². The van der Waals surface area contributed by atoms with Gasteiger partial charge in [-0.3, -0.25) is 4.79 Å². The predicted molar refractivity (Wildman–Crippen MR) is 111 cm³/mol. The molecule has 2 atom stereocenters. The zero-order valence-electron chi connectivity index (χ0n) is 15.3. The first-order valence-electron chi connectivity index (χ1n) is 9.13. The van der Waals surface area contributed by atoms with E-state index in [4.69, 9.17) is 11.6 Å². The molecule has 27 heavy (non-hydrogen) atoms. The maximum Gasteiger partial charge on any atom is 0.247 e. The van der Waals surface area contributed by atoms with Crippen molar-refractivity contribution in [2.45, 2.75) is 38.6 Å². The van der Waals surface area contributed by atoms with Crippen molar-refractivity contribution < 1.29 is 4.79 Å². The van der Waals surface area contributed by atoms with E-state index in [0.29, 0.717) is 40.1 Å². The van der Waals surface area contributed by atoms with Crippen molar-refractivity contribution in [3.63, 3.8) is 0 Å². The molecule has 1 fully saturated rings. The minimum Gasteiger partial charge on any atom is -0.351 e. The number of benzene rings is 1. The summed E-state index contributed by atoms with van der Waals surface area (Å²) in [6, 6.07) is 7.71. The Hall–Kier alpha value is -2.60. The molecule has 0 spiro atoms. The molecule has 1 heterocycles. The van der Waals surface area contributed by atoms with Crippen LogP contribution in [0.1, 0.15) is 32.6 Å². The second-order valence-corrected chi connectivity index (χ2v) is 7.27. The maximum atomic E-state index is 11.6. The molecule has 1 aromatic heterocycles. The maximum absolute atomic E-state index is 11.6. The number of para-hydroxylation sites is 2. The number of carbonyl (C=O) groups is 1. The number of nitrogens with zero attached hydrogens (tertiary/aromatic N) is 2. The van der Waals surface area contributed by atoms with E-state index in [9.17, 15) is 4.79 Å². The fourth-order valence-corrected chi connectivity index (χ4v) is 3.42. The Morgan fingerprint density at radius 1 is 1.30 bits per heavy atom. The number of anilines is 4. The lowest BCUT2D eigenvalue weighted by Gasteiger charge is -2.27. The molecule has 0 unspecified atom stereocenters. The minimum atomic E-state index is -0.285. The zero-order chi connectivity index (χ0) is 19.2. The molecule has 3 rings (SSSR count). The van der Waals surface area contributed by atoms with Gasteiger partial charge in [-0.15, -0.1) is 0 Å². The molecular formula is C20H24ClN5O. The first-order valence-corrected chi connectivity index (χ1v) is 9.51. The average Bonchev–Trinajstić information content (AvgIpc) is 2.66. The smallest absolute Gasteiger partial charge is 0.247 e. The van der Waals surface area contributed by atoms with Gasteiger partial charge in [-0.05, 0) is 37.0 Å². The van der Waals surface area contributed by atoms with Gasteiger partial charge in [0.2, 0.25) is 11.9 Å². The quantitative estimate of drug-likeness (QED) is 0.610. The van der Waals surface area contributed by atoms with Crippen molar-refractivity contribution in [2.24, 2.45) is 5.92 Å². The van der Waals surface area contributed by atoms with E-state index >= 15 is 0 Å². The summed E-state index contributed by atoms with van der Waals surface area (Å²) in [5.41, 5.74) is 1.30. The van der Waals surface area contributed by atoms with E-state index in [2.05, 4.69) is 39.4 Å². The molecular weight excluding hydrogens is 362 g/mol. The molecule has 142 valence electrons. The monoisotopic (exact) mass is 385 g/mol. The molecule has 1 amide bonds. The minimum absolute atomic E-state index is 0.285. The SMILES string of the molecule is C=CC(=O)Nc1ccccc1Nc1nc(N[C@H]2CCC[C@@H](C)C2)ncc1Cl. The zero-order valence-corrected chi connectivity index (χ0v) is 16.1. The number of aromatic nitrogens is 2. The van der Waals surface area contributed by atoms with Gasteiger partial charge in [-0.2, -0.15) is 4.98 Å². The van der Waals surface area contributed by atoms with Crippen LogP contribution in [-0.2, 0) is 4.79 Å². The highest BCUT2D eigenvalue weighted by Crippen LogP contribution is 2.30. The van der Waals surface area contributed by atoms with Crippen LogP contribution in [0.2, 0.25) is 5.02 Å². The molecule has 6 nitrogen and oxygen atoms in total. The standard InChI is InChI=1S/C20H24ClN5O/c1-3-18(27)24-16-9-4-5-10-17(16)25-19-15(21)12-22-20(26-19)23-14-8-6-7-13(2)11-14/h3-5,9-10,12-14H,1,6-8,11H2,2H3,(H,24,27)(H2,22,23,25,26)/t13-,14+/m1/s1. The van der Waals surface area contributed by atoms with Gasteiger partial charge in [0.05, 0.1) is 17.6 Å². The number of amides is 1. The molecule has 7 heteroatoms. The van der Waals surface area contributed by atoms with E-state index < -0.39 is 0 Å². The van der Waals surface area contributed by atoms with E-state index in [-0.39, 0.29) is 5.91 Å². The van der Waals surface area contributed by atoms with Crippen LogP contribution < -0.4 is 16.0 Å². The van der Waals surface area contributed by atoms with Crippen molar-refractivity contribution in [1.29, 1.82) is 0 Å². The molecule has 0 bridgehead atoms. The van der Waals surface area contributed by atoms with E-state index in [1.54, 1.807) is 12.3 Å². The summed E-state index contributed by atoms with van der Waals surface area (Å²) in [5.74, 6) is 1.46. The average molecular weight is 386 g/mol. The number of rotatable bonds is 6. The number of halogens is 1. The lowest BCUT2D eigenvalue weighted by molar-refractivity contribution is -0.111. The lowest BCUT2D eigenvalue weighted by Crippen LogP contribution is -2.27. The van der Waals surface area contributed by atoms with Crippen molar-refractivity contribution in [3.8, 4) is 0 Å². The summed E-state index contributed by atoms with van der Waals surface area (Å²) < 4.78 is 0. The Morgan fingerprint density at radius 2 is 2.07 bits per heavy atom. The third-order valence-electron chi connectivity index (χ3n) is 4.64. The van der Waals surface area contributed by atoms with Crippen molar-refractivity contribution in [1.82, 2.24) is 9.97 Å². The van der Waals surface area contributed by atoms with Crippen LogP contribution in [0.25, 0.3) is 0 Å². The molecule has 3 N–H and O–H groups in total. The van der Waals surface area contributed by atoms with Crippen molar-refractivity contribution in [2.75, 3.05) is 16.0 Å². The van der Waals surface area contributed by atoms with Gasteiger partial charge < -0.3 is 16.0 Å². The third-order valence-corrected chi connectivity index (χ3v) is 4.91. The van der Waals surface area contributed by atoms with Crippen LogP contribution >= 0.6 is 11.6 Å². The third kappa shape index (κ3) is 5.20. The largest absolute Gasteiger partial charge is 0.351 e. The van der Waals surface area contributed by atoms with E-state index in [1.165, 1.54) is 18.9 Å². The Balaban J connectivity index is 1.77. The molecule has 2 aromatic rings. The second kappa shape index (κ2) is 8.86. The Labute approximate surface area is 164 Å². The van der Waals surface area contributed by atoms with Gasteiger partial charge in [0.1, 0.15) is 5.02 Å².